The van der Waals surface area contributed by atoms with E-state index < -0.39 is 21.9 Å². The van der Waals surface area contributed by atoms with Crippen molar-refractivity contribution in [2.75, 3.05) is 5.73 Å². The molecule has 0 saturated carbocycles. The van der Waals surface area contributed by atoms with Crippen LogP contribution >= 0.6 is 15.9 Å². The molecular weight excluding hydrogens is 359 g/mol. The number of nitrogens with two attached hydrogens (primary N) is 1. The smallest absolute Gasteiger partial charge is 0.243 e. The molecule has 0 amide bonds. The zero-order valence-corrected chi connectivity index (χ0v) is 13.6. The molecule has 0 spiro atoms. The zero-order chi connectivity index (χ0) is 15.6. The van der Waals surface area contributed by atoms with Gasteiger partial charge in [-0.2, -0.15) is 0 Å². The summed E-state index contributed by atoms with van der Waals surface area (Å²) in [6.45, 7) is 1.70. The third kappa shape index (κ3) is 3.81. The lowest BCUT2D eigenvalue weighted by molar-refractivity contribution is 0.564. The van der Waals surface area contributed by atoms with E-state index in [4.69, 9.17) is 5.73 Å². The molecule has 0 heterocycles. The number of hydrogen-bond donors (Lipinski definition) is 2. The van der Waals surface area contributed by atoms with Crippen LogP contribution in [0.4, 0.5) is 10.1 Å². The van der Waals surface area contributed by atoms with Crippen LogP contribution in [0.5, 0.6) is 0 Å². The van der Waals surface area contributed by atoms with Gasteiger partial charge < -0.3 is 5.73 Å². The third-order valence-electron chi connectivity index (χ3n) is 2.97. The lowest BCUT2D eigenvalue weighted by Gasteiger charge is -2.16. The molecule has 1 atom stereocenters. The number of anilines is 1. The number of halogens is 2. The van der Waals surface area contributed by atoms with Crippen LogP contribution in [0.1, 0.15) is 18.5 Å². The molecule has 0 fully saturated rings. The second-order valence-electron chi connectivity index (χ2n) is 4.58. The highest BCUT2D eigenvalue weighted by Crippen LogP contribution is 2.23. The van der Waals surface area contributed by atoms with Gasteiger partial charge in [0.25, 0.3) is 0 Å². The van der Waals surface area contributed by atoms with Crippen molar-refractivity contribution in [1.29, 1.82) is 0 Å². The predicted molar refractivity (Wildman–Crippen MR) is 83.7 cm³/mol. The normalized spacial score (nSPS) is 13.1. The highest BCUT2D eigenvalue weighted by atomic mass is 79.9. The molecule has 0 aromatic heterocycles. The summed E-state index contributed by atoms with van der Waals surface area (Å²) in [6, 6.07) is 10.0. The monoisotopic (exact) mass is 372 g/mol. The van der Waals surface area contributed by atoms with Gasteiger partial charge in [0, 0.05) is 10.5 Å². The van der Waals surface area contributed by atoms with Crippen LogP contribution in [-0.4, -0.2) is 8.42 Å². The summed E-state index contributed by atoms with van der Waals surface area (Å²) in [5, 5.41) is 0. The van der Waals surface area contributed by atoms with Gasteiger partial charge in [-0.1, -0.05) is 28.1 Å². The second kappa shape index (κ2) is 6.13. The summed E-state index contributed by atoms with van der Waals surface area (Å²) in [5.74, 6) is -0.652. The molecule has 4 nitrogen and oxygen atoms in total. The van der Waals surface area contributed by atoms with Gasteiger partial charge in [0.1, 0.15) is 10.7 Å². The summed E-state index contributed by atoms with van der Waals surface area (Å²) in [4.78, 5) is -0.258. The van der Waals surface area contributed by atoms with Gasteiger partial charge in [0.05, 0.1) is 5.69 Å². The minimum atomic E-state index is -3.90. The Hall–Kier alpha value is -1.44. The number of hydrogen-bond acceptors (Lipinski definition) is 3. The molecule has 112 valence electrons. The summed E-state index contributed by atoms with van der Waals surface area (Å²) in [6.07, 6.45) is 0. The Morgan fingerprint density at radius 1 is 1.19 bits per heavy atom. The van der Waals surface area contributed by atoms with Gasteiger partial charge in [-0.15, -0.1) is 0 Å². The van der Waals surface area contributed by atoms with E-state index in [2.05, 4.69) is 20.7 Å². The fourth-order valence-electron chi connectivity index (χ4n) is 1.86. The molecule has 2 aromatic carbocycles. The molecule has 0 bridgehead atoms. The van der Waals surface area contributed by atoms with Crippen molar-refractivity contribution in [3.05, 3.63) is 58.3 Å². The first kappa shape index (κ1) is 15.9. The van der Waals surface area contributed by atoms with Crippen LogP contribution in [0.2, 0.25) is 0 Å². The Bertz CT molecular complexity index is 748. The Kier molecular flexibility index (Phi) is 4.65. The Morgan fingerprint density at radius 2 is 1.81 bits per heavy atom. The Morgan fingerprint density at radius 3 is 2.43 bits per heavy atom. The van der Waals surface area contributed by atoms with Gasteiger partial charge in [0.15, 0.2) is 0 Å². The molecule has 0 aliphatic rings. The molecular formula is C14H14BrFN2O2S. The van der Waals surface area contributed by atoms with Gasteiger partial charge in [0.2, 0.25) is 10.0 Å². The highest BCUT2D eigenvalue weighted by molar-refractivity contribution is 9.10. The van der Waals surface area contributed by atoms with E-state index in [9.17, 15) is 12.8 Å². The molecule has 0 aliphatic heterocycles. The van der Waals surface area contributed by atoms with Gasteiger partial charge in [-0.3, -0.25) is 0 Å². The number of benzene rings is 2. The van der Waals surface area contributed by atoms with Gasteiger partial charge in [-0.25, -0.2) is 17.5 Å². The SMILES string of the molecule is C[C@@H](NS(=O)(=O)c1cc(F)ccc1N)c1ccc(Br)cc1. The number of nitrogens with one attached hydrogen (secondary N) is 1. The Balaban J connectivity index is 2.28. The van der Waals surface area contributed by atoms with Crippen molar-refractivity contribution in [2.24, 2.45) is 0 Å². The van der Waals surface area contributed by atoms with Crippen molar-refractivity contribution in [2.45, 2.75) is 17.9 Å². The standard InChI is InChI=1S/C14H14BrFN2O2S/c1-9(10-2-4-11(15)5-3-10)18-21(19,20)14-8-12(16)6-7-13(14)17/h2-9,18H,17H2,1H3/t9-/m1/s1. The van der Waals surface area contributed by atoms with Crippen molar-refractivity contribution < 1.29 is 12.8 Å². The van der Waals surface area contributed by atoms with Crippen LogP contribution < -0.4 is 10.5 Å². The van der Waals surface area contributed by atoms with Crippen LogP contribution in [0.3, 0.4) is 0 Å². The van der Waals surface area contributed by atoms with Crippen LogP contribution in [0.25, 0.3) is 0 Å². The van der Waals surface area contributed by atoms with E-state index in [0.29, 0.717) is 0 Å². The van der Waals surface area contributed by atoms with Crippen molar-refractivity contribution in [1.82, 2.24) is 4.72 Å². The maximum atomic E-state index is 13.2. The maximum Gasteiger partial charge on any atom is 0.243 e. The molecule has 2 aromatic rings. The first-order chi connectivity index (χ1) is 9.79. The van der Waals surface area contributed by atoms with Crippen LogP contribution in [-0.2, 0) is 10.0 Å². The number of nitrogen functional groups attached to an aromatic ring is 1. The van der Waals surface area contributed by atoms with Gasteiger partial charge >= 0.3 is 0 Å². The Labute approximate surface area is 131 Å². The average molecular weight is 373 g/mol. The fraction of sp³-hybridized carbons (Fsp3) is 0.143. The largest absolute Gasteiger partial charge is 0.398 e. The quantitative estimate of drug-likeness (QED) is 0.809. The van der Waals surface area contributed by atoms with Crippen LogP contribution in [0.15, 0.2) is 51.8 Å². The molecule has 21 heavy (non-hydrogen) atoms. The molecule has 7 heteroatoms. The second-order valence-corrected chi connectivity index (χ2v) is 7.17. The minimum absolute atomic E-state index is 0.00639. The molecule has 0 radical (unpaired) electrons. The van der Waals surface area contributed by atoms with E-state index >= 15 is 0 Å². The lowest BCUT2D eigenvalue weighted by atomic mass is 10.1. The highest BCUT2D eigenvalue weighted by Gasteiger charge is 2.21. The zero-order valence-electron chi connectivity index (χ0n) is 11.2. The fourth-order valence-corrected chi connectivity index (χ4v) is 3.50. The number of rotatable bonds is 4. The first-order valence-electron chi connectivity index (χ1n) is 6.12. The van der Waals surface area contributed by atoms with E-state index in [0.717, 1.165) is 22.2 Å². The first-order valence-corrected chi connectivity index (χ1v) is 8.40. The van der Waals surface area contributed by atoms with Crippen molar-refractivity contribution >= 4 is 31.6 Å². The van der Waals surface area contributed by atoms with Crippen molar-refractivity contribution in [3.8, 4) is 0 Å². The average Bonchev–Trinajstić information content (AvgIpc) is 2.41. The maximum absolute atomic E-state index is 13.2. The van der Waals surface area contributed by atoms with E-state index in [-0.39, 0.29) is 10.6 Å². The van der Waals surface area contributed by atoms with Crippen LogP contribution in [0, 0.1) is 5.82 Å². The summed E-state index contributed by atoms with van der Waals surface area (Å²) in [7, 11) is -3.90. The van der Waals surface area contributed by atoms with E-state index in [1.165, 1.54) is 6.07 Å². The summed E-state index contributed by atoms with van der Waals surface area (Å²) in [5.41, 5.74) is 6.41. The third-order valence-corrected chi connectivity index (χ3v) is 5.09. The lowest BCUT2D eigenvalue weighted by Crippen LogP contribution is -2.27. The van der Waals surface area contributed by atoms with E-state index in [1.807, 2.05) is 12.1 Å². The topological polar surface area (TPSA) is 72.2 Å². The van der Waals surface area contributed by atoms with Crippen molar-refractivity contribution in [3.63, 3.8) is 0 Å². The summed E-state index contributed by atoms with van der Waals surface area (Å²) < 4.78 is 41.2. The molecule has 2 rings (SSSR count). The summed E-state index contributed by atoms with van der Waals surface area (Å²) >= 11 is 3.31. The van der Waals surface area contributed by atoms with E-state index in [1.54, 1.807) is 19.1 Å². The molecule has 0 saturated heterocycles. The van der Waals surface area contributed by atoms with Gasteiger partial charge in [-0.05, 0) is 42.8 Å². The minimum Gasteiger partial charge on any atom is -0.398 e. The molecule has 0 unspecified atom stereocenters. The molecule has 0 aliphatic carbocycles. The number of sulfonamides is 1. The predicted octanol–water partition coefficient (Wildman–Crippen LogP) is 3.21. The molecule has 3 N–H and O–H groups in total.